The van der Waals surface area contributed by atoms with Crippen LogP contribution in [0, 0.1) is 0 Å². The van der Waals surface area contributed by atoms with Gasteiger partial charge in [0.15, 0.2) is 0 Å². The highest BCUT2D eigenvalue weighted by atomic mass is 32.1. The molecule has 0 saturated carbocycles. The zero-order valence-corrected chi connectivity index (χ0v) is 34.2. The molecule has 1 heterocycles. The van der Waals surface area contributed by atoms with Gasteiger partial charge in [-0.25, -0.2) is 0 Å². The van der Waals surface area contributed by atoms with Crippen LogP contribution in [0.25, 0.3) is 64.7 Å². The van der Waals surface area contributed by atoms with Gasteiger partial charge in [0.2, 0.25) is 0 Å². The van der Waals surface area contributed by atoms with Crippen LogP contribution < -0.4 is 4.90 Å². The van der Waals surface area contributed by atoms with Crippen LogP contribution in [0.5, 0.6) is 0 Å². The number of thiophene rings is 1. The standard InChI is InChI=1S/C58H39NS/c1-57(2)45-24-9-3-17-37(45)40-34-33-36(35-50(40)57)59(51-29-13-7-20-41(51)42-23-15-32-54-55(42)44-22-8-14-31-53(44)60-54)52-30-16-28-49-56(52)43-21-6-12-27-48(43)58(49)46-25-10-4-18-38(46)39-19-5-11-26-47(39)58/h3-35H,1-2H3. The molecule has 60 heavy (non-hydrogen) atoms. The molecule has 3 aliphatic carbocycles. The van der Waals surface area contributed by atoms with Crippen LogP contribution in [-0.4, -0.2) is 0 Å². The Morgan fingerprint density at radius 1 is 0.367 bits per heavy atom. The second kappa shape index (κ2) is 12.3. The molecule has 2 heteroatoms. The van der Waals surface area contributed by atoms with Crippen LogP contribution in [0.3, 0.4) is 0 Å². The average molecular weight is 782 g/mol. The van der Waals surface area contributed by atoms with Crippen molar-refractivity contribution < 1.29 is 0 Å². The molecule has 0 aliphatic heterocycles. The van der Waals surface area contributed by atoms with Crippen molar-refractivity contribution in [3.05, 3.63) is 234 Å². The number of fused-ring (bicyclic) bond motifs is 16. The Kier molecular flexibility index (Phi) is 6.94. The predicted molar refractivity (Wildman–Crippen MR) is 253 cm³/mol. The molecule has 1 spiro atoms. The number of nitrogens with zero attached hydrogens (tertiary/aromatic N) is 1. The first-order valence-electron chi connectivity index (χ1n) is 21.0. The fraction of sp³-hybridized carbons (Fsp3) is 0.0690. The van der Waals surface area contributed by atoms with Crippen molar-refractivity contribution in [2.24, 2.45) is 0 Å². The Labute approximate surface area is 354 Å². The van der Waals surface area contributed by atoms with E-state index in [0.29, 0.717) is 0 Å². The molecule has 0 N–H and O–H groups in total. The summed E-state index contributed by atoms with van der Waals surface area (Å²) in [6, 6.07) is 75.5. The number of hydrogen-bond acceptors (Lipinski definition) is 2. The molecule has 13 rings (SSSR count). The minimum Gasteiger partial charge on any atom is -0.309 e. The highest BCUT2D eigenvalue weighted by Crippen LogP contribution is 2.65. The molecule has 1 nitrogen and oxygen atoms in total. The molecule has 282 valence electrons. The fourth-order valence-corrected chi connectivity index (χ4v) is 12.6. The SMILES string of the molecule is CC1(C)c2ccccc2-c2ccc(N(c3ccccc3-c3cccc4sc5ccccc5c34)c3cccc4c3-c3ccccc3C43c4ccccc4-c4ccccc43)cc21. The highest BCUT2D eigenvalue weighted by molar-refractivity contribution is 7.25. The van der Waals surface area contributed by atoms with E-state index in [1.54, 1.807) is 0 Å². The molecule has 0 saturated heterocycles. The number of benzene rings is 9. The third-order valence-corrected chi connectivity index (χ3v) is 15.0. The van der Waals surface area contributed by atoms with Gasteiger partial charge in [-0.1, -0.05) is 178 Å². The largest absolute Gasteiger partial charge is 0.309 e. The number of hydrogen-bond donors (Lipinski definition) is 0. The summed E-state index contributed by atoms with van der Waals surface area (Å²) in [5.41, 5.74) is 21.4. The Balaban J connectivity index is 1.13. The van der Waals surface area contributed by atoms with E-state index in [-0.39, 0.29) is 5.41 Å². The third-order valence-electron chi connectivity index (χ3n) is 13.9. The van der Waals surface area contributed by atoms with Gasteiger partial charge in [-0.05, 0) is 103 Å². The maximum atomic E-state index is 2.59. The zero-order chi connectivity index (χ0) is 39.7. The molecular weight excluding hydrogens is 743 g/mol. The van der Waals surface area contributed by atoms with Gasteiger partial charge in [-0.15, -0.1) is 11.3 Å². The van der Waals surface area contributed by atoms with Gasteiger partial charge in [0.25, 0.3) is 0 Å². The maximum Gasteiger partial charge on any atom is 0.0726 e. The Morgan fingerprint density at radius 3 is 1.62 bits per heavy atom. The Morgan fingerprint density at radius 2 is 0.867 bits per heavy atom. The molecule has 0 unspecified atom stereocenters. The van der Waals surface area contributed by atoms with Crippen molar-refractivity contribution in [3.63, 3.8) is 0 Å². The fourth-order valence-electron chi connectivity index (χ4n) is 11.4. The monoisotopic (exact) mass is 781 g/mol. The molecule has 9 aromatic carbocycles. The number of anilines is 3. The van der Waals surface area contributed by atoms with E-state index in [1.165, 1.54) is 104 Å². The smallest absolute Gasteiger partial charge is 0.0726 e. The van der Waals surface area contributed by atoms with Gasteiger partial charge in [0, 0.05) is 42.4 Å². The van der Waals surface area contributed by atoms with Crippen molar-refractivity contribution in [2.75, 3.05) is 4.90 Å². The Hall–Kier alpha value is -7.00. The average Bonchev–Trinajstić information content (AvgIpc) is 3.99. The van der Waals surface area contributed by atoms with E-state index in [4.69, 9.17) is 0 Å². The van der Waals surface area contributed by atoms with Crippen LogP contribution in [0.4, 0.5) is 17.1 Å². The number of para-hydroxylation sites is 1. The quantitative estimate of drug-likeness (QED) is 0.172. The highest BCUT2D eigenvalue weighted by Gasteiger charge is 2.52. The van der Waals surface area contributed by atoms with Gasteiger partial charge in [0.1, 0.15) is 0 Å². The van der Waals surface area contributed by atoms with Gasteiger partial charge in [0.05, 0.1) is 16.8 Å². The summed E-state index contributed by atoms with van der Waals surface area (Å²) in [6.07, 6.45) is 0. The molecule has 3 aliphatic rings. The minimum absolute atomic E-state index is 0.152. The summed E-state index contributed by atoms with van der Waals surface area (Å²) in [5.74, 6) is 0. The predicted octanol–water partition coefficient (Wildman–Crippen LogP) is 15.8. The summed E-state index contributed by atoms with van der Waals surface area (Å²) < 4.78 is 2.62. The second-order valence-electron chi connectivity index (χ2n) is 17.1. The van der Waals surface area contributed by atoms with Crippen molar-refractivity contribution in [3.8, 4) is 44.5 Å². The van der Waals surface area contributed by atoms with E-state index in [0.717, 1.165) is 11.4 Å². The number of rotatable bonds is 4. The molecule has 0 atom stereocenters. The summed E-state index contributed by atoms with van der Waals surface area (Å²) in [7, 11) is 0. The second-order valence-corrected chi connectivity index (χ2v) is 18.2. The summed E-state index contributed by atoms with van der Waals surface area (Å²) in [6.45, 7) is 4.77. The summed E-state index contributed by atoms with van der Waals surface area (Å²) in [5, 5.41) is 2.62. The zero-order valence-electron chi connectivity index (χ0n) is 33.4. The van der Waals surface area contributed by atoms with Crippen LogP contribution in [-0.2, 0) is 10.8 Å². The first-order valence-corrected chi connectivity index (χ1v) is 21.8. The molecule has 10 aromatic rings. The normalized spacial score (nSPS) is 14.4. The lowest BCUT2D eigenvalue weighted by Crippen LogP contribution is -2.26. The van der Waals surface area contributed by atoms with E-state index in [1.807, 2.05) is 11.3 Å². The molecule has 0 fully saturated rings. The summed E-state index contributed by atoms with van der Waals surface area (Å²) >= 11 is 1.88. The van der Waals surface area contributed by atoms with Gasteiger partial charge in [-0.3, -0.25) is 0 Å². The maximum absolute atomic E-state index is 2.59. The van der Waals surface area contributed by atoms with Crippen molar-refractivity contribution in [2.45, 2.75) is 24.7 Å². The molecule has 0 radical (unpaired) electrons. The lowest BCUT2D eigenvalue weighted by Gasteiger charge is -2.33. The first-order chi connectivity index (χ1) is 29.5. The molecular formula is C58H39NS. The van der Waals surface area contributed by atoms with Crippen molar-refractivity contribution in [1.29, 1.82) is 0 Å². The van der Waals surface area contributed by atoms with Crippen LogP contribution in [0.1, 0.15) is 47.2 Å². The minimum atomic E-state index is -0.441. The lowest BCUT2D eigenvalue weighted by atomic mass is 9.70. The lowest BCUT2D eigenvalue weighted by molar-refractivity contribution is 0.660. The van der Waals surface area contributed by atoms with E-state index in [2.05, 4.69) is 219 Å². The topological polar surface area (TPSA) is 3.24 Å². The third kappa shape index (κ3) is 4.31. The molecule has 0 bridgehead atoms. The summed E-state index contributed by atoms with van der Waals surface area (Å²) in [4.78, 5) is 2.59. The van der Waals surface area contributed by atoms with Crippen LogP contribution in [0.2, 0.25) is 0 Å². The first kappa shape index (κ1) is 33.9. The molecule has 1 aromatic heterocycles. The van der Waals surface area contributed by atoms with Gasteiger partial charge < -0.3 is 4.90 Å². The van der Waals surface area contributed by atoms with Crippen LogP contribution in [0.15, 0.2) is 200 Å². The van der Waals surface area contributed by atoms with Crippen molar-refractivity contribution >= 4 is 48.6 Å². The van der Waals surface area contributed by atoms with E-state index in [9.17, 15) is 0 Å². The van der Waals surface area contributed by atoms with Gasteiger partial charge >= 0.3 is 0 Å². The van der Waals surface area contributed by atoms with E-state index < -0.39 is 5.41 Å². The van der Waals surface area contributed by atoms with Crippen molar-refractivity contribution in [1.82, 2.24) is 0 Å². The van der Waals surface area contributed by atoms with E-state index >= 15 is 0 Å². The van der Waals surface area contributed by atoms with Crippen LogP contribution >= 0.6 is 11.3 Å². The molecule has 0 amide bonds. The Bertz CT molecular complexity index is 3390. The van der Waals surface area contributed by atoms with Gasteiger partial charge in [-0.2, -0.15) is 0 Å².